The van der Waals surface area contributed by atoms with Gasteiger partial charge in [0.1, 0.15) is 17.4 Å². The Bertz CT molecular complexity index is 462. The quantitative estimate of drug-likeness (QED) is 0.676. The van der Waals surface area contributed by atoms with Gasteiger partial charge in [-0.25, -0.2) is 4.39 Å². The predicted octanol–water partition coefficient (Wildman–Crippen LogP) is 1.77. The number of fused-ring (bicyclic) bond motifs is 1. The van der Waals surface area contributed by atoms with E-state index in [-0.39, 0.29) is 11.9 Å². The molecule has 1 aromatic heterocycles. The number of aromatic nitrogens is 2. The van der Waals surface area contributed by atoms with Crippen LogP contribution in [0.4, 0.5) is 4.39 Å². The maximum atomic E-state index is 13.2. The first-order valence-corrected chi connectivity index (χ1v) is 4.09. The zero-order valence-electron chi connectivity index (χ0n) is 6.75. The molecule has 13 heavy (non-hydrogen) atoms. The first-order chi connectivity index (χ1) is 6.36. The van der Waals surface area contributed by atoms with Crippen LogP contribution in [0, 0.1) is 5.82 Å². The summed E-state index contributed by atoms with van der Waals surface area (Å²) in [4.78, 5) is 0. The average molecular weight is 178 g/mol. The molecule has 3 rings (SSSR count). The summed E-state index contributed by atoms with van der Waals surface area (Å²) in [5, 5.41) is 7.26. The van der Waals surface area contributed by atoms with Crippen molar-refractivity contribution in [3.63, 3.8) is 0 Å². The average Bonchev–Trinajstić information content (AvgIpc) is 2.83. The molecule has 3 nitrogen and oxygen atoms in total. The zero-order chi connectivity index (χ0) is 8.84. The number of aromatic amines is 1. The summed E-state index contributed by atoms with van der Waals surface area (Å²) in [6.45, 7) is 0.728. The number of hydrogen-bond donors (Lipinski definition) is 1. The minimum atomic E-state index is -0.267. The molecule has 1 atom stereocenters. The summed E-state index contributed by atoms with van der Waals surface area (Å²) in [7, 11) is 0. The molecule has 1 aliphatic heterocycles. The molecule has 1 aromatic carbocycles. The Kier molecular flexibility index (Phi) is 1.24. The fraction of sp³-hybridized carbons (Fsp3) is 0.222. The number of nitrogens with one attached hydrogen (secondary N) is 1. The molecule has 0 saturated carbocycles. The predicted molar refractivity (Wildman–Crippen MR) is 44.7 cm³/mol. The smallest absolute Gasteiger partial charge is 0.148 e. The van der Waals surface area contributed by atoms with Crippen LogP contribution < -0.4 is 0 Å². The number of ether oxygens (including phenoxy) is 1. The molecule has 1 aliphatic rings. The number of benzene rings is 1. The lowest BCUT2D eigenvalue weighted by molar-refractivity contribution is 0.416. The van der Waals surface area contributed by atoms with Crippen molar-refractivity contribution in [1.82, 2.24) is 10.2 Å². The molecule has 0 spiro atoms. The second kappa shape index (κ2) is 2.29. The van der Waals surface area contributed by atoms with Gasteiger partial charge in [0.2, 0.25) is 0 Å². The van der Waals surface area contributed by atoms with E-state index in [0.29, 0.717) is 5.52 Å². The standard InChI is InChI=1S/C9H7FN2O/c10-7-2-1-5(8-4-13-8)6-3-11-12-9(6)7/h1-3,8H,4H2,(H,11,12)/t8-/m0/s1. The van der Waals surface area contributed by atoms with Crippen molar-refractivity contribution in [3.05, 3.63) is 29.7 Å². The maximum Gasteiger partial charge on any atom is 0.148 e. The van der Waals surface area contributed by atoms with E-state index in [1.807, 2.05) is 0 Å². The Balaban J connectivity index is 2.34. The molecule has 1 fully saturated rings. The maximum absolute atomic E-state index is 13.2. The van der Waals surface area contributed by atoms with Crippen LogP contribution in [0.3, 0.4) is 0 Å². The summed E-state index contributed by atoms with van der Waals surface area (Å²) in [6.07, 6.45) is 1.77. The van der Waals surface area contributed by atoms with Crippen molar-refractivity contribution < 1.29 is 9.13 Å². The highest BCUT2D eigenvalue weighted by molar-refractivity contribution is 5.82. The number of hydrogen-bond acceptors (Lipinski definition) is 2. The van der Waals surface area contributed by atoms with Crippen molar-refractivity contribution in [1.29, 1.82) is 0 Å². The fourth-order valence-corrected chi connectivity index (χ4v) is 1.53. The molecular weight excluding hydrogens is 171 g/mol. The molecule has 0 amide bonds. The fourth-order valence-electron chi connectivity index (χ4n) is 1.53. The van der Waals surface area contributed by atoms with E-state index in [2.05, 4.69) is 10.2 Å². The van der Waals surface area contributed by atoms with Crippen LogP contribution in [-0.2, 0) is 4.74 Å². The highest BCUT2D eigenvalue weighted by Gasteiger charge is 2.27. The summed E-state index contributed by atoms with van der Waals surface area (Å²) in [5.41, 5.74) is 1.48. The van der Waals surface area contributed by atoms with E-state index in [0.717, 1.165) is 17.6 Å². The molecule has 66 valence electrons. The van der Waals surface area contributed by atoms with Gasteiger partial charge in [-0.3, -0.25) is 5.10 Å². The third-order valence-electron chi connectivity index (χ3n) is 2.28. The largest absolute Gasteiger partial charge is 0.368 e. The van der Waals surface area contributed by atoms with Crippen molar-refractivity contribution in [2.45, 2.75) is 6.10 Å². The third kappa shape index (κ3) is 0.954. The van der Waals surface area contributed by atoms with Crippen LogP contribution in [0.2, 0.25) is 0 Å². The lowest BCUT2D eigenvalue weighted by Gasteiger charge is -1.97. The highest BCUT2D eigenvalue weighted by Crippen LogP contribution is 2.34. The van der Waals surface area contributed by atoms with Gasteiger partial charge >= 0.3 is 0 Å². The van der Waals surface area contributed by atoms with E-state index >= 15 is 0 Å². The first-order valence-electron chi connectivity index (χ1n) is 4.09. The van der Waals surface area contributed by atoms with E-state index in [1.54, 1.807) is 12.3 Å². The Hall–Kier alpha value is -1.42. The monoisotopic (exact) mass is 178 g/mol. The summed E-state index contributed by atoms with van der Waals surface area (Å²) < 4.78 is 18.3. The number of rotatable bonds is 1. The molecule has 0 aliphatic carbocycles. The number of epoxide rings is 1. The van der Waals surface area contributed by atoms with E-state index in [1.165, 1.54) is 6.07 Å². The number of halogens is 1. The molecule has 0 bridgehead atoms. The van der Waals surface area contributed by atoms with Gasteiger partial charge in [0.05, 0.1) is 12.8 Å². The van der Waals surface area contributed by atoms with Crippen LogP contribution in [0.5, 0.6) is 0 Å². The highest BCUT2D eigenvalue weighted by atomic mass is 19.1. The third-order valence-corrected chi connectivity index (χ3v) is 2.28. The number of H-pyrrole nitrogens is 1. The normalized spacial score (nSPS) is 20.8. The van der Waals surface area contributed by atoms with E-state index < -0.39 is 0 Å². The minimum Gasteiger partial charge on any atom is -0.368 e. The van der Waals surface area contributed by atoms with Crippen LogP contribution >= 0.6 is 0 Å². The van der Waals surface area contributed by atoms with Crippen LogP contribution in [0.1, 0.15) is 11.7 Å². The zero-order valence-corrected chi connectivity index (χ0v) is 6.75. The molecule has 4 heteroatoms. The van der Waals surface area contributed by atoms with Gasteiger partial charge in [0.25, 0.3) is 0 Å². The Labute approximate surface area is 73.5 Å². The van der Waals surface area contributed by atoms with Crippen LogP contribution in [-0.4, -0.2) is 16.8 Å². The second-order valence-electron chi connectivity index (χ2n) is 3.12. The van der Waals surface area contributed by atoms with Gasteiger partial charge in [-0.05, 0) is 11.6 Å². The summed E-state index contributed by atoms with van der Waals surface area (Å²) >= 11 is 0. The number of nitrogens with zero attached hydrogens (tertiary/aromatic N) is 1. The van der Waals surface area contributed by atoms with Gasteiger partial charge in [0, 0.05) is 5.39 Å². The lowest BCUT2D eigenvalue weighted by Crippen LogP contribution is -1.85. The van der Waals surface area contributed by atoms with Crippen LogP contribution in [0.25, 0.3) is 10.9 Å². The van der Waals surface area contributed by atoms with Gasteiger partial charge in [0.15, 0.2) is 0 Å². The second-order valence-corrected chi connectivity index (χ2v) is 3.12. The molecule has 0 radical (unpaired) electrons. The van der Waals surface area contributed by atoms with Gasteiger partial charge in [-0.15, -0.1) is 0 Å². The van der Waals surface area contributed by atoms with Crippen molar-refractivity contribution in [2.75, 3.05) is 6.61 Å². The van der Waals surface area contributed by atoms with E-state index in [9.17, 15) is 4.39 Å². The Morgan fingerprint density at radius 1 is 1.54 bits per heavy atom. The SMILES string of the molecule is Fc1ccc([C@@H]2CO2)c2cn[nH]c12. The molecular formula is C9H7FN2O. The molecule has 2 aromatic rings. The van der Waals surface area contributed by atoms with Gasteiger partial charge in [-0.1, -0.05) is 6.07 Å². The van der Waals surface area contributed by atoms with E-state index in [4.69, 9.17) is 4.74 Å². The van der Waals surface area contributed by atoms with Gasteiger partial charge in [-0.2, -0.15) is 5.10 Å². The minimum absolute atomic E-state index is 0.140. The van der Waals surface area contributed by atoms with Gasteiger partial charge < -0.3 is 4.74 Å². The summed E-state index contributed by atoms with van der Waals surface area (Å²) in [6, 6.07) is 3.20. The summed E-state index contributed by atoms with van der Waals surface area (Å²) in [5.74, 6) is -0.267. The first kappa shape index (κ1) is 7.03. The van der Waals surface area contributed by atoms with Crippen molar-refractivity contribution in [3.8, 4) is 0 Å². The Morgan fingerprint density at radius 3 is 3.15 bits per heavy atom. The van der Waals surface area contributed by atoms with Crippen LogP contribution in [0.15, 0.2) is 18.3 Å². The topological polar surface area (TPSA) is 41.2 Å². The van der Waals surface area contributed by atoms with Crippen molar-refractivity contribution in [2.24, 2.45) is 0 Å². The molecule has 2 heterocycles. The molecule has 1 N–H and O–H groups in total. The molecule has 1 saturated heterocycles. The molecule has 0 unspecified atom stereocenters. The Morgan fingerprint density at radius 2 is 2.38 bits per heavy atom. The van der Waals surface area contributed by atoms with Crippen molar-refractivity contribution >= 4 is 10.9 Å². The lowest BCUT2D eigenvalue weighted by atomic mass is 10.1.